The number of ether oxygens (including phenoxy) is 2. The molecule has 1 rings (SSSR count). The second kappa shape index (κ2) is 5.53. The van der Waals surface area contributed by atoms with Crippen molar-refractivity contribution in [1.29, 1.82) is 0 Å². The van der Waals surface area contributed by atoms with Crippen LogP contribution in [-0.2, 0) is 14.3 Å². The van der Waals surface area contributed by atoms with Crippen LogP contribution < -0.4 is 0 Å². The molecule has 0 aromatic carbocycles. The second-order valence-corrected chi connectivity index (χ2v) is 5.66. The van der Waals surface area contributed by atoms with E-state index in [-0.39, 0.29) is 5.97 Å². The van der Waals surface area contributed by atoms with Gasteiger partial charge in [0.15, 0.2) is 0 Å². The smallest absolute Gasteiger partial charge is 0.411 e. The molecule has 1 amide bonds. The van der Waals surface area contributed by atoms with Crippen LogP contribution in [0.15, 0.2) is 0 Å². The van der Waals surface area contributed by atoms with Gasteiger partial charge < -0.3 is 9.47 Å². The first kappa shape index (κ1) is 14.0. The Morgan fingerprint density at radius 1 is 1.41 bits per heavy atom. The normalized spacial score (nSPS) is 20.4. The first-order valence-electron chi connectivity index (χ1n) is 6.01. The van der Waals surface area contributed by atoms with E-state index < -0.39 is 17.7 Å². The van der Waals surface area contributed by atoms with Crippen molar-refractivity contribution >= 4 is 22.3 Å². The van der Waals surface area contributed by atoms with Gasteiger partial charge in [0.25, 0.3) is 0 Å². The van der Waals surface area contributed by atoms with E-state index in [0.29, 0.717) is 19.2 Å². The number of hydrogen-bond donors (Lipinski definition) is 0. The Morgan fingerprint density at radius 2 is 2.06 bits per heavy atom. The van der Waals surface area contributed by atoms with Crippen LogP contribution in [0, 0.1) is 0 Å². The average Bonchev–Trinajstić information content (AvgIpc) is 2.63. The molecule has 0 aromatic heterocycles. The van der Waals surface area contributed by atoms with E-state index in [4.69, 9.17) is 9.47 Å². The number of likely N-dealkylation sites (tertiary alicyclic amines) is 1. The van der Waals surface area contributed by atoms with Crippen LogP contribution in [0.3, 0.4) is 0 Å². The molecule has 0 radical (unpaired) electrons. The molecule has 6 heteroatoms. The summed E-state index contributed by atoms with van der Waals surface area (Å²) in [7, 11) is 0.814. The standard InChI is InChI=1S/C11H21NO4Si/c1-11(2,3)16-10(14)12-6-4-5-8(12)9(13)15-7-17/h8H,4-7H2,1-3,17H3. The van der Waals surface area contributed by atoms with Gasteiger partial charge in [-0.25, -0.2) is 9.59 Å². The second-order valence-electron chi connectivity index (χ2n) is 5.08. The summed E-state index contributed by atoms with van der Waals surface area (Å²) in [6.45, 7) is 6.00. The molecule has 17 heavy (non-hydrogen) atoms. The van der Waals surface area contributed by atoms with Crippen molar-refractivity contribution in [3.63, 3.8) is 0 Å². The molecular formula is C11H21NO4Si. The third kappa shape index (κ3) is 4.03. The van der Waals surface area contributed by atoms with Crippen LogP contribution in [0.4, 0.5) is 4.79 Å². The Balaban J connectivity index is 2.63. The highest BCUT2D eigenvalue weighted by atomic mass is 28.1. The number of carbonyl (C=O) groups excluding carboxylic acids is 2. The van der Waals surface area contributed by atoms with Gasteiger partial charge in [-0.2, -0.15) is 0 Å². The van der Waals surface area contributed by atoms with Crippen LogP contribution >= 0.6 is 0 Å². The van der Waals surface area contributed by atoms with Gasteiger partial charge in [-0.05, 0) is 33.6 Å². The maximum atomic E-state index is 11.9. The van der Waals surface area contributed by atoms with Crippen LogP contribution in [-0.4, -0.2) is 51.6 Å². The largest absolute Gasteiger partial charge is 0.469 e. The molecule has 98 valence electrons. The maximum Gasteiger partial charge on any atom is 0.411 e. The quantitative estimate of drug-likeness (QED) is 0.527. The summed E-state index contributed by atoms with van der Waals surface area (Å²) >= 11 is 0. The molecule has 1 aliphatic rings. The van der Waals surface area contributed by atoms with Gasteiger partial charge in [0.2, 0.25) is 0 Å². The Kier molecular flexibility index (Phi) is 4.56. The van der Waals surface area contributed by atoms with Crippen LogP contribution in [0.25, 0.3) is 0 Å². The van der Waals surface area contributed by atoms with Crippen molar-refractivity contribution in [3.8, 4) is 0 Å². The Hall–Kier alpha value is -1.04. The van der Waals surface area contributed by atoms with E-state index in [1.165, 1.54) is 4.90 Å². The highest BCUT2D eigenvalue weighted by Gasteiger charge is 2.37. The monoisotopic (exact) mass is 259 g/mol. The number of esters is 1. The lowest BCUT2D eigenvalue weighted by atomic mass is 10.2. The zero-order valence-electron chi connectivity index (χ0n) is 11.0. The fraction of sp³-hybridized carbons (Fsp3) is 0.818. The number of nitrogens with zero attached hydrogens (tertiary/aromatic N) is 1. The molecule has 1 unspecified atom stereocenters. The first-order chi connectivity index (χ1) is 7.85. The molecule has 0 saturated carbocycles. The van der Waals surface area contributed by atoms with E-state index in [1.54, 1.807) is 0 Å². The minimum absolute atomic E-state index is 0.302. The minimum atomic E-state index is -0.536. The fourth-order valence-corrected chi connectivity index (χ4v) is 2.07. The molecule has 0 spiro atoms. The van der Waals surface area contributed by atoms with Gasteiger partial charge >= 0.3 is 12.1 Å². The fourth-order valence-electron chi connectivity index (χ4n) is 1.79. The van der Waals surface area contributed by atoms with E-state index in [9.17, 15) is 9.59 Å². The molecule has 1 fully saturated rings. The molecule has 1 heterocycles. The molecule has 0 aliphatic carbocycles. The summed E-state index contributed by atoms with van der Waals surface area (Å²) in [4.78, 5) is 25.0. The maximum absolute atomic E-state index is 11.9. The molecule has 5 nitrogen and oxygen atoms in total. The molecule has 0 bridgehead atoms. The van der Waals surface area contributed by atoms with E-state index in [0.717, 1.165) is 16.7 Å². The number of amides is 1. The summed E-state index contributed by atoms with van der Waals surface area (Å²) in [5, 5.41) is 0. The van der Waals surface area contributed by atoms with Gasteiger partial charge in [0.05, 0.1) is 16.5 Å². The first-order valence-corrected chi connectivity index (χ1v) is 7.43. The van der Waals surface area contributed by atoms with Crippen molar-refractivity contribution in [1.82, 2.24) is 4.90 Å². The van der Waals surface area contributed by atoms with Crippen LogP contribution in [0.5, 0.6) is 0 Å². The van der Waals surface area contributed by atoms with E-state index >= 15 is 0 Å². The van der Waals surface area contributed by atoms with Gasteiger partial charge in [-0.15, -0.1) is 0 Å². The van der Waals surface area contributed by atoms with E-state index in [1.807, 2.05) is 20.8 Å². The Labute approximate surface area is 105 Å². The van der Waals surface area contributed by atoms with Crippen molar-refractivity contribution in [3.05, 3.63) is 0 Å². The topological polar surface area (TPSA) is 55.8 Å². The third-order valence-electron chi connectivity index (χ3n) is 2.44. The summed E-state index contributed by atoms with van der Waals surface area (Å²) < 4.78 is 10.3. The molecule has 0 N–H and O–H groups in total. The SMILES string of the molecule is CC(C)(C)OC(=O)N1CCCC1C(=O)OC[SiH3]. The molecule has 1 atom stereocenters. The zero-order chi connectivity index (χ0) is 13.1. The summed E-state index contributed by atoms with van der Waals surface area (Å²) in [6.07, 6.45) is 1.53. The molecule has 1 aliphatic heterocycles. The average molecular weight is 259 g/mol. The van der Waals surface area contributed by atoms with Crippen LogP contribution in [0.2, 0.25) is 0 Å². The van der Waals surface area contributed by atoms with Crippen molar-refractivity contribution < 1.29 is 19.1 Å². The predicted octanol–water partition coefficient (Wildman–Crippen LogP) is 0.252. The lowest BCUT2D eigenvalue weighted by Crippen LogP contribution is -2.44. The van der Waals surface area contributed by atoms with Gasteiger partial charge in [-0.1, -0.05) is 0 Å². The highest BCUT2D eigenvalue weighted by molar-refractivity contribution is 6.08. The number of rotatable bonds is 2. The minimum Gasteiger partial charge on any atom is -0.469 e. The summed E-state index contributed by atoms with van der Waals surface area (Å²) in [6, 6.07) is -0.459. The van der Waals surface area contributed by atoms with Gasteiger partial charge in [-0.3, -0.25) is 4.90 Å². The zero-order valence-corrected chi connectivity index (χ0v) is 13.0. The lowest BCUT2D eigenvalue weighted by molar-refractivity contribution is -0.146. The van der Waals surface area contributed by atoms with Crippen molar-refractivity contribution in [2.24, 2.45) is 0 Å². The number of carbonyl (C=O) groups is 2. The van der Waals surface area contributed by atoms with Crippen LogP contribution in [0.1, 0.15) is 33.6 Å². The summed E-state index contributed by atoms with van der Waals surface area (Å²) in [5.41, 5.74) is -0.536. The molecule has 1 saturated heterocycles. The van der Waals surface area contributed by atoms with Gasteiger partial charge in [0, 0.05) is 6.54 Å². The molecular weight excluding hydrogens is 238 g/mol. The Morgan fingerprint density at radius 3 is 2.59 bits per heavy atom. The Bertz CT molecular complexity index is 300. The van der Waals surface area contributed by atoms with E-state index in [2.05, 4.69) is 0 Å². The number of hydrogen-bond acceptors (Lipinski definition) is 4. The van der Waals surface area contributed by atoms with Crippen molar-refractivity contribution in [2.45, 2.75) is 45.3 Å². The predicted molar refractivity (Wildman–Crippen MR) is 66.9 cm³/mol. The third-order valence-corrected chi connectivity index (χ3v) is 2.73. The van der Waals surface area contributed by atoms with Crippen molar-refractivity contribution in [2.75, 3.05) is 12.8 Å². The summed E-state index contributed by atoms with van der Waals surface area (Å²) in [5.74, 6) is -0.302. The highest BCUT2D eigenvalue weighted by Crippen LogP contribution is 2.21. The lowest BCUT2D eigenvalue weighted by Gasteiger charge is -2.27. The van der Waals surface area contributed by atoms with Gasteiger partial charge in [0.1, 0.15) is 11.6 Å². The molecule has 0 aromatic rings.